The molecule has 2 aromatic rings. The lowest BCUT2D eigenvalue weighted by molar-refractivity contribution is -0.384. The summed E-state index contributed by atoms with van der Waals surface area (Å²) in [6.45, 7) is 2.09. The maximum Gasteiger partial charge on any atom is 0.318 e. The largest absolute Gasteiger partial charge is 0.464 e. The van der Waals surface area contributed by atoms with Crippen molar-refractivity contribution in [2.75, 3.05) is 11.3 Å². The molecule has 0 aliphatic rings. The Morgan fingerprint density at radius 3 is 2.55 bits per heavy atom. The summed E-state index contributed by atoms with van der Waals surface area (Å²) >= 11 is 0. The van der Waals surface area contributed by atoms with Gasteiger partial charge in [0.15, 0.2) is 0 Å². The fourth-order valence-electron chi connectivity index (χ4n) is 1.54. The number of benzene rings is 1. The summed E-state index contributed by atoms with van der Waals surface area (Å²) in [6.07, 6.45) is 1.35. The molecule has 0 fully saturated rings. The summed E-state index contributed by atoms with van der Waals surface area (Å²) in [7, 11) is -3.91. The number of nitrogens with zero attached hydrogens (tertiary/aromatic N) is 3. The Morgan fingerprint density at radius 2 is 1.95 bits per heavy atom. The molecule has 10 heteroatoms. The van der Waals surface area contributed by atoms with Crippen LogP contribution in [0.3, 0.4) is 0 Å². The first-order valence-electron chi connectivity index (χ1n) is 6.15. The third kappa shape index (κ3) is 3.67. The van der Waals surface area contributed by atoms with Gasteiger partial charge in [-0.05, 0) is 19.1 Å². The van der Waals surface area contributed by atoms with Crippen LogP contribution in [0.25, 0.3) is 0 Å². The Hall–Kier alpha value is -2.75. The monoisotopic (exact) mass is 324 g/mol. The molecule has 0 bridgehead atoms. The number of ether oxygens (including phenoxy) is 1. The lowest BCUT2D eigenvalue weighted by Crippen LogP contribution is -2.14. The Kier molecular flexibility index (Phi) is 4.51. The van der Waals surface area contributed by atoms with E-state index >= 15 is 0 Å². The highest BCUT2D eigenvalue weighted by Crippen LogP contribution is 2.18. The van der Waals surface area contributed by atoms with Gasteiger partial charge in [-0.1, -0.05) is 0 Å². The van der Waals surface area contributed by atoms with Crippen molar-refractivity contribution in [3.63, 3.8) is 0 Å². The number of sulfonamides is 1. The first-order valence-corrected chi connectivity index (χ1v) is 7.64. The Morgan fingerprint density at radius 1 is 1.27 bits per heavy atom. The van der Waals surface area contributed by atoms with Gasteiger partial charge in [0.1, 0.15) is 5.82 Å². The average Bonchev–Trinajstić information content (AvgIpc) is 2.47. The van der Waals surface area contributed by atoms with Gasteiger partial charge in [-0.25, -0.2) is 13.4 Å². The van der Waals surface area contributed by atoms with Crippen molar-refractivity contribution in [3.05, 3.63) is 46.6 Å². The van der Waals surface area contributed by atoms with Crippen molar-refractivity contribution in [3.8, 4) is 6.01 Å². The molecular formula is C12H12N4O5S. The van der Waals surface area contributed by atoms with Crippen molar-refractivity contribution < 1.29 is 18.1 Å². The van der Waals surface area contributed by atoms with E-state index in [2.05, 4.69) is 14.7 Å². The van der Waals surface area contributed by atoms with Crippen LogP contribution in [0.4, 0.5) is 11.5 Å². The van der Waals surface area contributed by atoms with E-state index < -0.39 is 14.9 Å². The maximum atomic E-state index is 12.2. The molecule has 0 aliphatic heterocycles. The van der Waals surface area contributed by atoms with E-state index in [4.69, 9.17) is 4.74 Å². The number of hydrogen-bond donors (Lipinski definition) is 1. The average molecular weight is 324 g/mol. The molecule has 9 nitrogen and oxygen atoms in total. The van der Waals surface area contributed by atoms with Crippen LogP contribution in [0.1, 0.15) is 6.92 Å². The lowest BCUT2D eigenvalue weighted by Gasteiger charge is -2.08. The quantitative estimate of drug-likeness (QED) is 0.631. The summed E-state index contributed by atoms with van der Waals surface area (Å²) in [6, 6.07) is 5.92. The van der Waals surface area contributed by atoms with Crippen molar-refractivity contribution in [2.24, 2.45) is 0 Å². The van der Waals surface area contributed by atoms with Gasteiger partial charge < -0.3 is 4.74 Å². The van der Waals surface area contributed by atoms with Crippen LogP contribution in [-0.2, 0) is 10.0 Å². The number of non-ortho nitro benzene ring substituents is 1. The summed E-state index contributed by atoms with van der Waals surface area (Å²) in [5.41, 5.74) is -0.195. The van der Waals surface area contributed by atoms with E-state index in [1.54, 1.807) is 6.92 Å². The second kappa shape index (κ2) is 6.35. The SMILES string of the molecule is CCOc1nccc(NS(=O)(=O)c2ccc([N+](=O)[O-])cc2)n1. The van der Waals surface area contributed by atoms with Crippen molar-refractivity contribution in [1.29, 1.82) is 0 Å². The Bertz CT molecular complexity index is 776. The fourth-order valence-corrected chi connectivity index (χ4v) is 2.54. The van der Waals surface area contributed by atoms with E-state index in [0.717, 1.165) is 24.3 Å². The fraction of sp³-hybridized carbons (Fsp3) is 0.167. The minimum absolute atomic E-state index is 0.0387. The Balaban J connectivity index is 2.23. The topological polar surface area (TPSA) is 124 Å². The van der Waals surface area contributed by atoms with Crippen LogP contribution in [0.15, 0.2) is 41.4 Å². The lowest BCUT2D eigenvalue weighted by atomic mass is 10.3. The third-order valence-electron chi connectivity index (χ3n) is 2.50. The first-order chi connectivity index (χ1) is 10.4. The van der Waals surface area contributed by atoms with Crippen molar-refractivity contribution >= 4 is 21.5 Å². The zero-order valence-electron chi connectivity index (χ0n) is 11.5. The molecule has 1 aromatic carbocycles. The van der Waals surface area contributed by atoms with E-state index in [0.29, 0.717) is 6.61 Å². The van der Waals surface area contributed by atoms with Gasteiger partial charge >= 0.3 is 6.01 Å². The first kappa shape index (κ1) is 15.6. The summed E-state index contributed by atoms with van der Waals surface area (Å²) in [4.78, 5) is 17.5. The van der Waals surface area contributed by atoms with Crippen LogP contribution < -0.4 is 9.46 Å². The summed E-state index contributed by atoms with van der Waals surface area (Å²) < 4.78 is 31.7. The number of aromatic nitrogens is 2. The van der Waals surface area contributed by atoms with E-state index in [1.165, 1.54) is 12.3 Å². The highest BCUT2D eigenvalue weighted by molar-refractivity contribution is 7.92. The van der Waals surface area contributed by atoms with Crippen LogP contribution in [0.5, 0.6) is 6.01 Å². The second-order valence-corrected chi connectivity index (χ2v) is 5.70. The number of anilines is 1. The minimum Gasteiger partial charge on any atom is -0.464 e. The molecule has 1 aromatic heterocycles. The zero-order chi connectivity index (χ0) is 16.2. The highest BCUT2D eigenvalue weighted by Gasteiger charge is 2.17. The van der Waals surface area contributed by atoms with Gasteiger partial charge in [0.2, 0.25) is 0 Å². The van der Waals surface area contributed by atoms with Gasteiger partial charge in [-0.3, -0.25) is 14.8 Å². The molecule has 0 amide bonds. The van der Waals surface area contributed by atoms with Gasteiger partial charge in [0.25, 0.3) is 15.7 Å². The third-order valence-corrected chi connectivity index (χ3v) is 3.87. The number of nitrogens with one attached hydrogen (secondary N) is 1. The molecule has 0 aliphatic carbocycles. The highest BCUT2D eigenvalue weighted by atomic mass is 32.2. The minimum atomic E-state index is -3.91. The maximum absolute atomic E-state index is 12.2. The van der Waals surface area contributed by atoms with Crippen LogP contribution in [0.2, 0.25) is 0 Å². The van der Waals surface area contributed by atoms with Crippen LogP contribution in [-0.4, -0.2) is 29.9 Å². The van der Waals surface area contributed by atoms with Crippen LogP contribution >= 0.6 is 0 Å². The standard InChI is InChI=1S/C12H12N4O5S/c1-2-21-12-13-8-7-11(14-12)15-22(19,20)10-5-3-9(4-6-10)16(17)18/h3-8H,2H2,1H3,(H,13,14,15). The molecule has 0 saturated carbocycles. The molecule has 1 heterocycles. The van der Waals surface area contributed by atoms with E-state index in [1.807, 2.05) is 0 Å². The van der Waals surface area contributed by atoms with E-state index in [-0.39, 0.29) is 22.4 Å². The molecule has 1 N–H and O–H groups in total. The second-order valence-electron chi connectivity index (χ2n) is 4.01. The van der Waals surface area contributed by atoms with Gasteiger partial charge in [0, 0.05) is 24.4 Å². The molecule has 22 heavy (non-hydrogen) atoms. The number of nitro groups is 1. The molecule has 2 rings (SSSR count). The van der Waals surface area contributed by atoms with Gasteiger partial charge in [0.05, 0.1) is 16.4 Å². The van der Waals surface area contributed by atoms with Gasteiger partial charge in [-0.15, -0.1) is 0 Å². The van der Waals surface area contributed by atoms with Crippen molar-refractivity contribution in [1.82, 2.24) is 9.97 Å². The number of rotatable bonds is 6. The predicted octanol–water partition coefficient (Wildman–Crippen LogP) is 1.58. The molecule has 0 spiro atoms. The summed E-state index contributed by atoms with van der Waals surface area (Å²) in [5, 5.41) is 10.6. The molecule has 116 valence electrons. The van der Waals surface area contributed by atoms with Crippen molar-refractivity contribution in [2.45, 2.75) is 11.8 Å². The number of nitro benzene ring substituents is 1. The normalized spacial score (nSPS) is 11.0. The summed E-state index contributed by atoms with van der Waals surface area (Å²) in [5.74, 6) is 0.0387. The number of hydrogen-bond acceptors (Lipinski definition) is 7. The predicted molar refractivity (Wildman–Crippen MR) is 77.1 cm³/mol. The molecule has 0 saturated heterocycles. The zero-order valence-corrected chi connectivity index (χ0v) is 12.3. The smallest absolute Gasteiger partial charge is 0.318 e. The molecular weight excluding hydrogens is 312 g/mol. The Labute approximate surface area is 126 Å². The molecule has 0 unspecified atom stereocenters. The van der Waals surface area contributed by atoms with Crippen LogP contribution in [0, 0.1) is 10.1 Å². The molecule has 0 radical (unpaired) electrons. The molecule has 0 atom stereocenters. The van der Waals surface area contributed by atoms with Gasteiger partial charge in [-0.2, -0.15) is 4.98 Å². The van der Waals surface area contributed by atoms with E-state index in [9.17, 15) is 18.5 Å².